The summed E-state index contributed by atoms with van der Waals surface area (Å²) in [4.78, 5) is 13.0. The molecule has 0 spiro atoms. The van der Waals surface area contributed by atoms with Gasteiger partial charge in [0.25, 0.3) is 0 Å². The Morgan fingerprint density at radius 1 is 1.14 bits per heavy atom. The van der Waals surface area contributed by atoms with Crippen molar-refractivity contribution in [1.82, 2.24) is 19.4 Å². The van der Waals surface area contributed by atoms with Crippen LogP contribution < -0.4 is 20.7 Å². The number of nitrogens with zero attached hydrogens (tertiary/aromatic N) is 5. The van der Waals surface area contributed by atoms with Gasteiger partial charge in [0.2, 0.25) is 5.95 Å². The van der Waals surface area contributed by atoms with Gasteiger partial charge in [-0.05, 0) is 45.1 Å². The number of aromatic nitrogens is 3. The Morgan fingerprint density at radius 3 is 2.65 bits per heavy atom. The molecule has 1 aliphatic carbocycles. The molecule has 37 heavy (non-hydrogen) atoms. The van der Waals surface area contributed by atoms with E-state index in [4.69, 9.17) is 15.5 Å². The number of benzene rings is 2. The van der Waals surface area contributed by atoms with Crippen molar-refractivity contribution in [3.8, 4) is 17.0 Å². The second kappa shape index (κ2) is 10.2. The molecule has 8 nitrogen and oxygen atoms in total. The normalized spacial score (nSPS) is 13.5. The Kier molecular flexibility index (Phi) is 6.84. The molecule has 1 saturated carbocycles. The second-order valence-electron chi connectivity index (χ2n) is 9.60. The lowest BCUT2D eigenvalue weighted by molar-refractivity contribution is -0.0493. The number of rotatable bonds is 10. The van der Waals surface area contributed by atoms with Crippen molar-refractivity contribution in [3.05, 3.63) is 54.9 Å². The van der Waals surface area contributed by atoms with Crippen LogP contribution in [0.25, 0.3) is 22.2 Å². The highest BCUT2D eigenvalue weighted by molar-refractivity contribution is 5.95. The van der Waals surface area contributed by atoms with Gasteiger partial charge in [0.15, 0.2) is 5.75 Å². The van der Waals surface area contributed by atoms with Crippen LogP contribution in [0.1, 0.15) is 18.9 Å². The zero-order valence-corrected chi connectivity index (χ0v) is 21.2. The lowest BCUT2D eigenvalue weighted by atomic mass is 10.1. The van der Waals surface area contributed by atoms with E-state index in [1.807, 2.05) is 49.1 Å². The SMILES string of the molecule is CN(C)CCN(C)c1cc(OC(F)F)c(Nc2nccc(-c3cn(C4CC4)c4ccccc34)n2)cc1N. The van der Waals surface area contributed by atoms with Crippen LogP contribution in [0, 0.1) is 0 Å². The molecule has 2 aromatic heterocycles. The van der Waals surface area contributed by atoms with E-state index in [9.17, 15) is 8.78 Å². The van der Waals surface area contributed by atoms with Crippen LogP contribution in [0.4, 0.5) is 31.8 Å². The predicted molar refractivity (Wildman–Crippen MR) is 144 cm³/mol. The number of anilines is 4. The molecule has 194 valence electrons. The van der Waals surface area contributed by atoms with E-state index in [-0.39, 0.29) is 17.4 Å². The standard InChI is InChI=1S/C27H31F2N7O/c1-34(2)12-13-35(3)24-15-25(37-26(28)29)22(14-20(24)30)33-27-31-11-10-21(32-27)19-16-36(17-8-9-17)23-7-5-4-6-18(19)23/h4-7,10-11,14-17,26H,8-9,12-13,30H2,1-3H3,(H,31,32,33). The number of likely N-dealkylation sites (N-methyl/N-ethyl adjacent to an activating group) is 2. The van der Waals surface area contributed by atoms with Gasteiger partial charge in [-0.15, -0.1) is 0 Å². The predicted octanol–water partition coefficient (Wildman–Crippen LogP) is 5.36. The number of fused-ring (bicyclic) bond motifs is 1. The third-order valence-electron chi connectivity index (χ3n) is 6.50. The Morgan fingerprint density at radius 2 is 1.92 bits per heavy atom. The number of hydrogen-bond donors (Lipinski definition) is 2. The molecule has 0 atom stereocenters. The van der Waals surface area contributed by atoms with Crippen molar-refractivity contribution >= 4 is 33.9 Å². The van der Waals surface area contributed by atoms with Crippen LogP contribution in [0.2, 0.25) is 0 Å². The van der Waals surface area contributed by atoms with Gasteiger partial charge >= 0.3 is 6.61 Å². The third-order valence-corrected chi connectivity index (χ3v) is 6.50. The first kappa shape index (κ1) is 24.8. The smallest absolute Gasteiger partial charge is 0.387 e. The minimum atomic E-state index is -3.00. The highest BCUT2D eigenvalue weighted by Gasteiger charge is 2.26. The van der Waals surface area contributed by atoms with Crippen LogP contribution in [-0.4, -0.2) is 60.3 Å². The lowest BCUT2D eigenvalue weighted by Gasteiger charge is -2.24. The summed E-state index contributed by atoms with van der Waals surface area (Å²) in [7, 11) is 5.79. The summed E-state index contributed by atoms with van der Waals surface area (Å²) in [5.41, 5.74) is 10.5. The molecule has 2 aromatic carbocycles. The maximum atomic E-state index is 13.3. The minimum Gasteiger partial charge on any atom is -0.433 e. The van der Waals surface area contributed by atoms with E-state index in [0.29, 0.717) is 24.0 Å². The molecule has 4 aromatic rings. The van der Waals surface area contributed by atoms with E-state index in [2.05, 4.69) is 33.2 Å². The first-order valence-electron chi connectivity index (χ1n) is 12.2. The summed E-state index contributed by atoms with van der Waals surface area (Å²) in [6, 6.07) is 13.7. The molecule has 3 N–H and O–H groups in total. The van der Waals surface area contributed by atoms with Gasteiger partial charge in [-0.1, -0.05) is 18.2 Å². The Labute approximate surface area is 214 Å². The van der Waals surface area contributed by atoms with Gasteiger partial charge in [-0.25, -0.2) is 9.97 Å². The van der Waals surface area contributed by atoms with E-state index >= 15 is 0 Å². The summed E-state index contributed by atoms with van der Waals surface area (Å²) in [6.45, 7) is -1.55. The third kappa shape index (κ3) is 5.43. The Hall–Kier alpha value is -3.92. The van der Waals surface area contributed by atoms with Crippen LogP contribution in [0.3, 0.4) is 0 Å². The molecule has 5 rings (SSSR count). The lowest BCUT2D eigenvalue weighted by Crippen LogP contribution is -2.29. The Balaban J connectivity index is 1.47. The summed E-state index contributed by atoms with van der Waals surface area (Å²) < 4.78 is 33.8. The van der Waals surface area contributed by atoms with Crippen molar-refractivity contribution in [2.24, 2.45) is 0 Å². The van der Waals surface area contributed by atoms with Gasteiger partial charge < -0.3 is 30.2 Å². The van der Waals surface area contributed by atoms with Gasteiger partial charge in [0, 0.05) is 61.1 Å². The van der Waals surface area contributed by atoms with E-state index in [0.717, 1.165) is 23.2 Å². The fourth-order valence-corrected chi connectivity index (χ4v) is 4.43. The molecular formula is C27H31F2N7O. The van der Waals surface area contributed by atoms with Crippen molar-refractivity contribution in [3.63, 3.8) is 0 Å². The molecular weight excluding hydrogens is 476 g/mol. The number of nitrogen functional groups attached to an aromatic ring is 1. The molecule has 0 aliphatic heterocycles. The average molecular weight is 508 g/mol. The number of nitrogens with two attached hydrogens (primary N) is 1. The molecule has 0 bridgehead atoms. The van der Waals surface area contributed by atoms with E-state index in [1.165, 1.54) is 24.4 Å². The monoisotopic (exact) mass is 507 g/mol. The number of para-hydroxylation sites is 1. The van der Waals surface area contributed by atoms with Crippen molar-refractivity contribution in [1.29, 1.82) is 0 Å². The second-order valence-corrected chi connectivity index (χ2v) is 9.60. The van der Waals surface area contributed by atoms with Crippen LogP contribution in [0.5, 0.6) is 5.75 Å². The Bertz CT molecular complexity index is 1400. The molecule has 0 amide bonds. The van der Waals surface area contributed by atoms with Gasteiger partial charge in [0.05, 0.1) is 22.8 Å². The first-order chi connectivity index (χ1) is 17.8. The van der Waals surface area contributed by atoms with Gasteiger partial charge in [-0.2, -0.15) is 8.78 Å². The van der Waals surface area contributed by atoms with Gasteiger partial charge in [0.1, 0.15) is 0 Å². The maximum Gasteiger partial charge on any atom is 0.387 e. The van der Waals surface area contributed by atoms with Crippen LogP contribution in [0.15, 0.2) is 54.9 Å². The summed E-state index contributed by atoms with van der Waals surface area (Å²) in [5, 5.41) is 4.15. The summed E-state index contributed by atoms with van der Waals surface area (Å²) >= 11 is 0. The number of halogens is 2. The zero-order chi connectivity index (χ0) is 26.1. The van der Waals surface area contributed by atoms with Crippen molar-refractivity contribution in [2.75, 3.05) is 50.2 Å². The fourth-order valence-electron chi connectivity index (χ4n) is 4.43. The molecule has 0 unspecified atom stereocenters. The topological polar surface area (TPSA) is 84.5 Å². The van der Waals surface area contributed by atoms with E-state index < -0.39 is 6.61 Å². The first-order valence-corrected chi connectivity index (χ1v) is 12.2. The molecule has 1 fully saturated rings. The molecule has 2 heterocycles. The number of nitrogens with one attached hydrogen (secondary N) is 1. The quantitative estimate of drug-likeness (QED) is 0.280. The highest BCUT2D eigenvalue weighted by Crippen LogP contribution is 2.41. The summed E-state index contributed by atoms with van der Waals surface area (Å²) in [6.07, 6.45) is 6.12. The van der Waals surface area contributed by atoms with Crippen molar-refractivity contribution < 1.29 is 13.5 Å². The molecule has 10 heteroatoms. The number of alkyl halides is 2. The number of hydrogen-bond acceptors (Lipinski definition) is 7. The summed E-state index contributed by atoms with van der Waals surface area (Å²) in [5.74, 6) is 0.225. The number of ether oxygens (including phenoxy) is 1. The van der Waals surface area contributed by atoms with E-state index in [1.54, 1.807) is 12.3 Å². The molecule has 0 saturated heterocycles. The minimum absolute atomic E-state index is 0.0322. The zero-order valence-electron chi connectivity index (χ0n) is 21.2. The van der Waals surface area contributed by atoms with Crippen LogP contribution in [-0.2, 0) is 0 Å². The molecule has 1 aliphatic rings. The van der Waals surface area contributed by atoms with Crippen molar-refractivity contribution in [2.45, 2.75) is 25.5 Å². The largest absolute Gasteiger partial charge is 0.433 e. The fraction of sp³-hybridized carbons (Fsp3) is 0.333. The maximum absolute atomic E-state index is 13.3. The van der Waals surface area contributed by atoms with Gasteiger partial charge in [-0.3, -0.25) is 0 Å². The highest BCUT2D eigenvalue weighted by atomic mass is 19.3. The average Bonchev–Trinajstić information content (AvgIpc) is 3.64. The van der Waals surface area contributed by atoms with Crippen LogP contribution >= 0.6 is 0 Å². The molecule has 0 radical (unpaired) electrons.